The molecule has 0 saturated heterocycles. The van der Waals surface area contributed by atoms with Crippen LogP contribution in [-0.2, 0) is 4.79 Å². The molecule has 0 fully saturated rings. The van der Waals surface area contributed by atoms with Gasteiger partial charge in [0.15, 0.2) is 5.12 Å². The van der Waals surface area contributed by atoms with Gasteiger partial charge in [-0.1, -0.05) is 32.0 Å². The van der Waals surface area contributed by atoms with Crippen LogP contribution in [0.2, 0.25) is 0 Å². The third kappa shape index (κ3) is 4.62. The molecule has 3 nitrogen and oxygen atoms in total. The van der Waals surface area contributed by atoms with E-state index in [4.69, 9.17) is 5.11 Å². The molecule has 0 radical (unpaired) electrons. The highest BCUT2D eigenvalue weighted by atomic mass is 79.9. The van der Waals surface area contributed by atoms with Crippen molar-refractivity contribution < 1.29 is 19.1 Å². The smallest absolute Gasteiger partial charge is 0.338 e. The van der Waals surface area contributed by atoms with Gasteiger partial charge in [0.05, 0.1) is 5.56 Å². The van der Waals surface area contributed by atoms with Gasteiger partial charge in [0, 0.05) is 15.8 Å². The standard InChI is InChI=1S/C13H14BrFO3S/c1-3-7(2)4-12(16)19-11-5-8(13(17)18)10(15)6-9(11)14/h5-7H,3-4H2,1-2H3,(H,17,18). The predicted molar refractivity (Wildman–Crippen MR) is 76.0 cm³/mol. The van der Waals surface area contributed by atoms with Crippen LogP contribution in [0.15, 0.2) is 21.5 Å². The van der Waals surface area contributed by atoms with E-state index in [9.17, 15) is 14.0 Å². The largest absolute Gasteiger partial charge is 0.478 e. The number of rotatable bonds is 5. The minimum atomic E-state index is -1.35. The summed E-state index contributed by atoms with van der Waals surface area (Å²) in [5.74, 6) is -1.89. The number of carboxylic acid groups (broad SMARTS) is 1. The summed E-state index contributed by atoms with van der Waals surface area (Å²) in [6.45, 7) is 3.97. The Labute approximate surface area is 123 Å². The van der Waals surface area contributed by atoms with E-state index < -0.39 is 17.3 Å². The minimum Gasteiger partial charge on any atom is -0.478 e. The van der Waals surface area contributed by atoms with Crippen molar-refractivity contribution >= 4 is 38.8 Å². The molecule has 1 rings (SSSR count). The maximum atomic E-state index is 13.4. The molecule has 0 spiro atoms. The first-order valence-electron chi connectivity index (χ1n) is 5.78. The maximum absolute atomic E-state index is 13.4. The second-order valence-corrected chi connectivity index (χ2v) is 6.21. The molecule has 104 valence electrons. The first kappa shape index (κ1) is 16.2. The molecular weight excluding hydrogens is 335 g/mol. The number of carbonyl (C=O) groups excluding carboxylic acids is 1. The third-order valence-electron chi connectivity index (χ3n) is 2.69. The Hall–Kier alpha value is -0.880. The van der Waals surface area contributed by atoms with Crippen LogP contribution < -0.4 is 0 Å². The predicted octanol–water partition coefficient (Wildman–Crippen LogP) is 4.34. The Morgan fingerprint density at radius 1 is 1.47 bits per heavy atom. The lowest BCUT2D eigenvalue weighted by atomic mass is 10.1. The van der Waals surface area contributed by atoms with Crippen LogP contribution >= 0.6 is 27.7 Å². The lowest BCUT2D eigenvalue weighted by Gasteiger charge is -2.09. The normalized spacial score (nSPS) is 12.2. The van der Waals surface area contributed by atoms with E-state index >= 15 is 0 Å². The van der Waals surface area contributed by atoms with Crippen molar-refractivity contribution in [2.75, 3.05) is 0 Å². The number of benzene rings is 1. The third-order valence-corrected chi connectivity index (χ3v) is 4.56. The summed E-state index contributed by atoms with van der Waals surface area (Å²) in [5, 5.41) is 8.79. The summed E-state index contributed by atoms with van der Waals surface area (Å²) < 4.78 is 13.8. The van der Waals surface area contributed by atoms with Gasteiger partial charge in [0.1, 0.15) is 5.82 Å². The van der Waals surface area contributed by atoms with Crippen LogP contribution in [0.4, 0.5) is 4.39 Å². The van der Waals surface area contributed by atoms with Crippen LogP contribution in [0.25, 0.3) is 0 Å². The molecule has 0 aromatic heterocycles. The highest BCUT2D eigenvalue weighted by Gasteiger charge is 2.17. The molecule has 1 atom stereocenters. The molecule has 0 aliphatic heterocycles. The van der Waals surface area contributed by atoms with E-state index in [1.807, 2.05) is 13.8 Å². The maximum Gasteiger partial charge on any atom is 0.338 e. The molecule has 0 heterocycles. The summed E-state index contributed by atoms with van der Waals surface area (Å²) in [6.07, 6.45) is 1.31. The molecule has 6 heteroatoms. The lowest BCUT2D eigenvalue weighted by Crippen LogP contribution is -2.03. The van der Waals surface area contributed by atoms with E-state index in [-0.39, 0.29) is 11.0 Å². The first-order chi connectivity index (χ1) is 8.85. The van der Waals surface area contributed by atoms with Crippen LogP contribution in [0.3, 0.4) is 0 Å². The van der Waals surface area contributed by atoms with E-state index in [0.29, 0.717) is 15.8 Å². The first-order valence-corrected chi connectivity index (χ1v) is 7.39. The minimum absolute atomic E-state index is 0.0574. The number of halogens is 2. The van der Waals surface area contributed by atoms with Gasteiger partial charge in [-0.3, -0.25) is 4.79 Å². The summed E-state index contributed by atoms with van der Waals surface area (Å²) in [7, 11) is 0. The monoisotopic (exact) mass is 348 g/mol. The number of aromatic carboxylic acids is 1. The number of carbonyl (C=O) groups is 2. The Morgan fingerprint density at radius 3 is 2.63 bits per heavy atom. The van der Waals surface area contributed by atoms with E-state index in [1.54, 1.807) is 0 Å². The van der Waals surface area contributed by atoms with Crippen molar-refractivity contribution in [3.8, 4) is 0 Å². The number of carboxylic acids is 1. The van der Waals surface area contributed by atoms with Crippen molar-refractivity contribution in [3.63, 3.8) is 0 Å². The van der Waals surface area contributed by atoms with Gasteiger partial charge in [-0.2, -0.15) is 0 Å². The van der Waals surface area contributed by atoms with Gasteiger partial charge in [0.25, 0.3) is 0 Å². The number of hydrogen-bond acceptors (Lipinski definition) is 3. The van der Waals surface area contributed by atoms with Crippen LogP contribution in [0.5, 0.6) is 0 Å². The van der Waals surface area contributed by atoms with E-state index in [2.05, 4.69) is 15.9 Å². The zero-order valence-electron chi connectivity index (χ0n) is 10.6. The number of hydrogen-bond donors (Lipinski definition) is 1. The zero-order chi connectivity index (χ0) is 14.6. The summed E-state index contributed by atoms with van der Waals surface area (Å²) >= 11 is 4.07. The highest BCUT2D eigenvalue weighted by Crippen LogP contribution is 2.32. The molecule has 0 amide bonds. The Bertz CT molecular complexity index is 505. The summed E-state index contributed by atoms with van der Waals surface area (Å²) in [5.41, 5.74) is -0.429. The molecule has 0 aliphatic carbocycles. The van der Waals surface area contributed by atoms with Crippen LogP contribution in [0, 0.1) is 11.7 Å². The molecule has 1 aromatic carbocycles. The fourth-order valence-electron chi connectivity index (χ4n) is 1.36. The molecule has 0 aliphatic rings. The van der Waals surface area contributed by atoms with Gasteiger partial charge in [-0.15, -0.1) is 0 Å². The van der Waals surface area contributed by atoms with Gasteiger partial charge in [-0.05, 0) is 34.0 Å². The molecule has 1 unspecified atom stereocenters. The summed E-state index contributed by atoms with van der Waals surface area (Å²) in [4.78, 5) is 23.1. The van der Waals surface area contributed by atoms with Crippen molar-refractivity contribution in [2.45, 2.75) is 31.6 Å². The number of thioether (sulfide) groups is 1. The van der Waals surface area contributed by atoms with Crippen molar-refractivity contribution in [2.24, 2.45) is 5.92 Å². The zero-order valence-corrected chi connectivity index (χ0v) is 13.0. The Balaban J connectivity index is 2.92. The fourth-order valence-corrected chi connectivity index (χ4v) is 2.87. The molecule has 0 bridgehead atoms. The average Bonchev–Trinajstić information content (AvgIpc) is 2.31. The van der Waals surface area contributed by atoms with Crippen molar-refractivity contribution in [3.05, 3.63) is 28.0 Å². The summed E-state index contributed by atoms with van der Waals surface area (Å²) in [6, 6.07) is 2.25. The van der Waals surface area contributed by atoms with Crippen LogP contribution in [-0.4, -0.2) is 16.2 Å². The fraction of sp³-hybridized carbons (Fsp3) is 0.385. The van der Waals surface area contributed by atoms with E-state index in [1.165, 1.54) is 6.07 Å². The van der Waals surface area contributed by atoms with Crippen LogP contribution in [0.1, 0.15) is 37.0 Å². The lowest BCUT2D eigenvalue weighted by molar-refractivity contribution is -0.111. The Kier molecular flexibility index (Phi) is 6.00. The molecular formula is C13H14BrFO3S. The quantitative estimate of drug-likeness (QED) is 0.804. The topological polar surface area (TPSA) is 54.4 Å². The molecule has 1 aromatic rings. The SMILES string of the molecule is CCC(C)CC(=O)Sc1cc(C(=O)O)c(F)cc1Br. The second-order valence-electron chi connectivity index (χ2n) is 4.26. The molecule has 0 saturated carbocycles. The van der Waals surface area contributed by atoms with E-state index in [0.717, 1.165) is 24.2 Å². The van der Waals surface area contributed by atoms with Gasteiger partial charge < -0.3 is 5.11 Å². The van der Waals surface area contributed by atoms with Crippen molar-refractivity contribution in [1.29, 1.82) is 0 Å². The second kappa shape index (κ2) is 7.05. The van der Waals surface area contributed by atoms with Crippen molar-refractivity contribution in [1.82, 2.24) is 0 Å². The highest BCUT2D eigenvalue weighted by molar-refractivity contribution is 9.10. The Morgan fingerprint density at radius 2 is 2.11 bits per heavy atom. The molecule has 1 N–H and O–H groups in total. The molecule has 19 heavy (non-hydrogen) atoms. The van der Waals surface area contributed by atoms with Gasteiger partial charge >= 0.3 is 5.97 Å². The average molecular weight is 349 g/mol. The van der Waals surface area contributed by atoms with Gasteiger partial charge in [-0.25, -0.2) is 9.18 Å². The van der Waals surface area contributed by atoms with Gasteiger partial charge in [0.2, 0.25) is 0 Å².